The molecule has 0 aromatic heterocycles. The van der Waals surface area contributed by atoms with E-state index in [-0.39, 0.29) is 5.41 Å². The first-order valence-corrected chi connectivity index (χ1v) is 13.7. The fraction of sp³-hybridized carbons (Fsp3) is 0.441. The predicted molar refractivity (Wildman–Crippen MR) is 160 cm³/mol. The van der Waals surface area contributed by atoms with Crippen LogP contribution >= 0.6 is 0 Å². The third-order valence-electron chi connectivity index (χ3n) is 6.81. The number of rotatable bonds is 10. The summed E-state index contributed by atoms with van der Waals surface area (Å²) in [5.41, 5.74) is 13.1. The Labute approximate surface area is 221 Å². The summed E-state index contributed by atoms with van der Waals surface area (Å²) in [7, 11) is 0. The molecule has 0 bridgehead atoms. The maximum Gasteiger partial charge on any atom is 0.139 e. The molecule has 3 rings (SSSR count). The molecule has 36 heavy (non-hydrogen) atoms. The number of hydrogen-bond donors (Lipinski definition) is 1. The summed E-state index contributed by atoms with van der Waals surface area (Å²) >= 11 is 0. The third-order valence-corrected chi connectivity index (χ3v) is 6.81. The first-order chi connectivity index (χ1) is 17.3. The van der Waals surface area contributed by atoms with E-state index in [1.807, 2.05) is 39.8 Å². The monoisotopic (exact) mass is 487 g/mol. The minimum atomic E-state index is -0.0593. The van der Waals surface area contributed by atoms with Crippen LogP contribution in [0.3, 0.4) is 0 Å². The van der Waals surface area contributed by atoms with Crippen molar-refractivity contribution in [1.29, 1.82) is 0 Å². The zero-order valence-electron chi connectivity index (χ0n) is 23.7. The van der Waals surface area contributed by atoms with Crippen LogP contribution < -0.4 is 5.73 Å². The number of benzene rings is 2. The van der Waals surface area contributed by atoms with Gasteiger partial charge in [-0.1, -0.05) is 87.4 Å². The van der Waals surface area contributed by atoms with Gasteiger partial charge in [0.25, 0.3) is 0 Å². The topological polar surface area (TPSA) is 43.1 Å². The number of nitrogen functional groups attached to an aromatic ring is 1. The average molecular weight is 488 g/mol. The molecule has 2 heteroatoms. The molecule has 1 aliphatic rings. The van der Waals surface area contributed by atoms with Gasteiger partial charge in [0.1, 0.15) is 5.78 Å². The standard InChI is InChI=1S/C29H37NO.C3H6.C2H6/c1-4-28(31)29(19-6-20-29)21-25-13-11-24(12-14-25)8-5-7-22(2)9-10-23(3)26-15-17-27(30)18-16-26;1-3-2;1-2/h9-18H,4-8,19-21,30H2,1-3H3;3H,1H2,2H3;1-2H3/b22-9+,23-10+;;. The second kappa shape index (κ2) is 16.7. The van der Waals surface area contributed by atoms with Crippen LogP contribution in [0.25, 0.3) is 5.57 Å². The highest BCUT2D eigenvalue weighted by molar-refractivity contribution is 5.85. The second-order valence-corrected chi connectivity index (χ2v) is 9.65. The first kappa shape index (κ1) is 31.2. The number of carbonyl (C=O) groups is 1. The van der Waals surface area contributed by atoms with Crippen molar-refractivity contribution in [2.75, 3.05) is 5.73 Å². The zero-order chi connectivity index (χ0) is 27.0. The SMILES string of the molecule is C=CC.CC.CCC(=O)C1(Cc2ccc(CCC/C(C)=C/C=C(\C)c3ccc(N)cc3)cc2)CCC1. The summed E-state index contributed by atoms with van der Waals surface area (Å²) < 4.78 is 0. The zero-order valence-corrected chi connectivity index (χ0v) is 23.7. The molecule has 1 aliphatic carbocycles. The van der Waals surface area contributed by atoms with Crippen LogP contribution in [0.4, 0.5) is 5.69 Å². The van der Waals surface area contributed by atoms with Crippen molar-refractivity contribution in [3.8, 4) is 0 Å². The second-order valence-electron chi connectivity index (χ2n) is 9.65. The van der Waals surface area contributed by atoms with Crippen LogP contribution in [0.2, 0.25) is 0 Å². The van der Waals surface area contributed by atoms with E-state index in [0.717, 1.165) is 44.2 Å². The van der Waals surface area contributed by atoms with Gasteiger partial charge in [-0.3, -0.25) is 4.79 Å². The molecule has 0 radical (unpaired) electrons. The molecular formula is C34H49NO. The Kier molecular flexibility index (Phi) is 14.5. The Morgan fingerprint density at radius 2 is 1.53 bits per heavy atom. The summed E-state index contributed by atoms with van der Waals surface area (Å²) in [6.07, 6.45) is 14.4. The van der Waals surface area contributed by atoms with Crippen LogP contribution in [0.15, 0.2) is 78.9 Å². The van der Waals surface area contributed by atoms with E-state index in [4.69, 9.17) is 5.73 Å². The molecule has 2 aromatic carbocycles. The van der Waals surface area contributed by atoms with E-state index in [0.29, 0.717) is 12.2 Å². The molecule has 0 heterocycles. The Bertz CT molecular complexity index is 973. The molecule has 1 fully saturated rings. The van der Waals surface area contributed by atoms with E-state index in [1.54, 1.807) is 6.08 Å². The van der Waals surface area contributed by atoms with Crippen LogP contribution in [-0.2, 0) is 17.6 Å². The van der Waals surface area contributed by atoms with Crippen molar-refractivity contribution >= 4 is 17.0 Å². The highest BCUT2D eigenvalue weighted by atomic mass is 16.1. The fourth-order valence-electron chi connectivity index (χ4n) is 4.51. The van der Waals surface area contributed by atoms with Gasteiger partial charge in [0.05, 0.1) is 0 Å². The average Bonchev–Trinajstić information content (AvgIpc) is 2.87. The first-order valence-electron chi connectivity index (χ1n) is 13.7. The lowest BCUT2D eigenvalue weighted by Gasteiger charge is -2.40. The van der Waals surface area contributed by atoms with Gasteiger partial charge in [-0.2, -0.15) is 0 Å². The molecular weight excluding hydrogens is 438 g/mol. The maximum absolute atomic E-state index is 12.4. The number of allylic oxidation sites excluding steroid dienone is 5. The summed E-state index contributed by atoms with van der Waals surface area (Å²) in [5, 5.41) is 0. The Hall–Kier alpha value is -2.87. The van der Waals surface area contributed by atoms with E-state index in [2.05, 4.69) is 69.0 Å². The van der Waals surface area contributed by atoms with Crippen molar-refractivity contribution < 1.29 is 4.79 Å². The lowest BCUT2D eigenvalue weighted by Crippen LogP contribution is -2.39. The number of carbonyl (C=O) groups excluding carboxylic acids is 1. The van der Waals surface area contributed by atoms with Crippen LogP contribution in [0.5, 0.6) is 0 Å². The Morgan fingerprint density at radius 3 is 2.03 bits per heavy atom. The van der Waals surface area contributed by atoms with E-state index in [1.165, 1.54) is 34.3 Å². The number of hydrogen-bond acceptors (Lipinski definition) is 2. The highest BCUT2D eigenvalue weighted by Gasteiger charge is 2.42. The van der Waals surface area contributed by atoms with E-state index < -0.39 is 0 Å². The highest BCUT2D eigenvalue weighted by Crippen LogP contribution is 2.45. The number of Topliss-reactive ketones (excluding diaryl/α,β-unsaturated/α-hetero) is 1. The van der Waals surface area contributed by atoms with Gasteiger partial charge in [0, 0.05) is 17.5 Å². The quantitative estimate of drug-likeness (QED) is 0.206. The lowest BCUT2D eigenvalue weighted by molar-refractivity contribution is -0.133. The smallest absolute Gasteiger partial charge is 0.139 e. The lowest BCUT2D eigenvalue weighted by atomic mass is 9.62. The van der Waals surface area contributed by atoms with Crippen molar-refractivity contribution in [3.63, 3.8) is 0 Å². The molecule has 2 nitrogen and oxygen atoms in total. The Balaban J connectivity index is 0.00000120. The van der Waals surface area contributed by atoms with Gasteiger partial charge >= 0.3 is 0 Å². The van der Waals surface area contributed by atoms with Gasteiger partial charge in [0.2, 0.25) is 0 Å². The molecule has 196 valence electrons. The number of anilines is 1. The minimum Gasteiger partial charge on any atom is -0.399 e. The van der Waals surface area contributed by atoms with Crippen molar-refractivity contribution in [1.82, 2.24) is 0 Å². The summed E-state index contributed by atoms with van der Waals surface area (Å²) in [5.74, 6) is 0.450. The molecule has 0 spiro atoms. The molecule has 1 saturated carbocycles. The number of aryl methyl sites for hydroxylation is 1. The molecule has 0 unspecified atom stereocenters. The van der Waals surface area contributed by atoms with Crippen molar-refractivity contribution in [2.45, 2.75) is 92.9 Å². The van der Waals surface area contributed by atoms with E-state index >= 15 is 0 Å². The predicted octanol–water partition coefficient (Wildman–Crippen LogP) is 9.55. The minimum absolute atomic E-state index is 0.0593. The molecule has 2 N–H and O–H groups in total. The molecule has 0 aliphatic heterocycles. The molecule has 2 aromatic rings. The van der Waals surface area contributed by atoms with Gasteiger partial charge in [0.15, 0.2) is 0 Å². The van der Waals surface area contributed by atoms with Crippen molar-refractivity contribution in [2.24, 2.45) is 5.41 Å². The Morgan fingerprint density at radius 1 is 0.972 bits per heavy atom. The normalized spacial score (nSPS) is 14.4. The summed E-state index contributed by atoms with van der Waals surface area (Å²) in [6.45, 7) is 15.6. The summed E-state index contributed by atoms with van der Waals surface area (Å²) in [6, 6.07) is 17.0. The number of nitrogens with two attached hydrogens (primary N) is 1. The van der Waals surface area contributed by atoms with Gasteiger partial charge in [-0.15, -0.1) is 6.58 Å². The molecule has 0 amide bonds. The van der Waals surface area contributed by atoms with Crippen LogP contribution in [0.1, 0.15) is 96.8 Å². The van der Waals surface area contributed by atoms with Gasteiger partial charge in [-0.25, -0.2) is 0 Å². The van der Waals surface area contributed by atoms with Crippen LogP contribution in [-0.4, -0.2) is 5.78 Å². The number of ketones is 1. The van der Waals surface area contributed by atoms with E-state index in [9.17, 15) is 4.79 Å². The maximum atomic E-state index is 12.4. The molecule has 0 saturated heterocycles. The summed E-state index contributed by atoms with van der Waals surface area (Å²) in [4.78, 5) is 12.4. The fourth-order valence-corrected chi connectivity index (χ4v) is 4.51. The van der Waals surface area contributed by atoms with Gasteiger partial charge in [-0.05, 0) is 93.7 Å². The van der Waals surface area contributed by atoms with Gasteiger partial charge < -0.3 is 5.73 Å². The van der Waals surface area contributed by atoms with Crippen LogP contribution in [0, 0.1) is 5.41 Å². The molecule has 0 atom stereocenters. The largest absolute Gasteiger partial charge is 0.399 e. The van der Waals surface area contributed by atoms with Crippen molar-refractivity contribution in [3.05, 3.63) is 95.6 Å². The third kappa shape index (κ3) is 10.0.